The van der Waals surface area contributed by atoms with Crippen LogP contribution < -0.4 is 5.32 Å². The van der Waals surface area contributed by atoms with Gasteiger partial charge in [-0.15, -0.1) is 0 Å². The van der Waals surface area contributed by atoms with Gasteiger partial charge in [0.15, 0.2) is 5.82 Å². The molecule has 0 radical (unpaired) electrons. The fourth-order valence-corrected chi connectivity index (χ4v) is 1.80. The zero-order valence-electron chi connectivity index (χ0n) is 10.9. The molecule has 1 heterocycles. The monoisotopic (exact) mass is 291 g/mol. The predicted molar refractivity (Wildman–Crippen MR) is 76.6 cm³/mol. The second-order valence-electron chi connectivity index (χ2n) is 4.20. The molecule has 0 saturated heterocycles. The van der Waals surface area contributed by atoms with Crippen molar-refractivity contribution >= 4 is 17.5 Å². The third kappa shape index (κ3) is 3.53. The van der Waals surface area contributed by atoms with Crippen molar-refractivity contribution in [2.75, 3.05) is 13.2 Å². The highest BCUT2D eigenvalue weighted by atomic mass is 35.5. The molecule has 0 fully saturated rings. The van der Waals surface area contributed by atoms with Crippen molar-refractivity contribution in [1.82, 2.24) is 15.3 Å². The first-order valence-electron chi connectivity index (χ1n) is 6.11. The Bertz CT molecular complexity index is 614. The van der Waals surface area contributed by atoms with E-state index >= 15 is 0 Å². The molecule has 0 aliphatic carbocycles. The Morgan fingerprint density at radius 1 is 1.30 bits per heavy atom. The largest absolute Gasteiger partial charge is 0.395 e. The minimum absolute atomic E-state index is 0.111. The molecule has 6 heteroatoms. The quantitative estimate of drug-likeness (QED) is 0.901. The summed E-state index contributed by atoms with van der Waals surface area (Å²) in [4.78, 5) is 20.4. The van der Waals surface area contributed by atoms with Gasteiger partial charge in [-0.1, -0.05) is 11.6 Å². The van der Waals surface area contributed by atoms with Crippen molar-refractivity contribution in [2.45, 2.75) is 6.92 Å². The number of aryl methyl sites for hydroxylation is 1. The first-order chi connectivity index (χ1) is 9.60. The van der Waals surface area contributed by atoms with Crippen LogP contribution in [0.3, 0.4) is 0 Å². The fraction of sp³-hybridized carbons (Fsp3) is 0.214. The molecule has 1 aromatic heterocycles. The summed E-state index contributed by atoms with van der Waals surface area (Å²) in [7, 11) is 0. The number of aliphatic hydroxyl groups excluding tert-OH is 1. The Labute approximate surface area is 121 Å². The fourth-order valence-electron chi connectivity index (χ4n) is 1.67. The minimum atomic E-state index is -0.334. The zero-order chi connectivity index (χ0) is 14.5. The molecule has 0 bridgehead atoms. The van der Waals surface area contributed by atoms with Gasteiger partial charge in [0, 0.05) is 22.8 Å². The molecule has 0 saturated carbocycles. The lowest BCUT2D eigenvalue weighted by Gasteiger charge is -2.06. The first-order valence-corrected chi connectivity index (χ1v) is 6.48. The number of benzene rings is 1. The number of hydrogen-bond acceptors (Lipinski definition) is 4. The highest BCUT2D eigenvalue weighted by Crippen LogP contribution is 2.18. The van der Waals surface area contributed by atoms with Crippen LogP contribution in [0.1, 0.15) is 16.2 Å². The number of nitrogens with zero attached hydrogens (tertiary/aromatic N) is 2. The van der Waals surface area contributed by atoms with Gasteiger partial charge < -0.3 is 10.4 Å². The van der Waals surface area contributed by atoms with Crippen LogP contribution in [0.2, 0.25) is 5.02 Å². The van der Waals surface area contributed by atoms with Crippen LogP contribution in [-0.2, 0) is 0 Å². The summed E-state index contributed by atoms with van der Waals surface area (Å²) in [5.74, 6) is 0.135. The van der Waals surface area contributed by atoms with Gasteiger partial charge in [-0.25, -0.2) is 9.97 Å². The number of amides is 1. The lowest BCUT2D eigenvalue weighted by atomic mass is 10.2. The van der Waals surface area contributed by atoms with Crippen molar-refractivity contribution in [3.63, 3.8) is 0 Å². The average Bonchev–Trinajstić information content (AvgIpc) is 2.44. The van der Waals surface area contributed by atoms with E-state index in [-0.39, 0.29) is 24.8 Å². The number of rotatable bonds is 4. The molecule has 0 atom stereocenters. The van der Waals surface area contributed by atoms with E-state index in [9.17, 15) is 4.79 Å². The topological polar surface area (TPSA) is 75.1 Å². The summed E-state index contributed by atoms with van der Waals surface area (Å²) in [6.45, 7) is 1.88. The molecule has 20 heavy (non-hydrogen) atoms. The van der Waals surface area contributed by atoms with Crippen LogP contribution in [0.4, 0.5) is 0 Å². The Kier molecular flexibility index (Phi) is 4.65. The molecule has 1 aromatic carbocycles. The Morgan fingerprint density at radius 2 is 2.00 bits per heavy atom. The van der Waals surface area contributed by atoms with E-state index in [1.54, 1.807) is 37.3 Å². The van der Waals surface area contributed by atoms with E-state index in [0.717, 1.165) is 5.56 Å². The predicted octanol–water partition coefficient (Wildman–Crippen LogP) is 1.83. The highest BCUT2D eigenvalue weighted by molar-refractivity contribution is 6.30. The third-order valence-corrected chi connectivity index (χ3v) is 2.84. The second kappa shape index (κ2) is 6.45. The molecule has 2 aromatic rings. The number of hydrogen-bond donors (Lipinski definition) is 2. The highest BCUT2D eigenvalue weighted by Gasteiger charge is 2.11. The van der Waals surface area contributed by atoms with Crippen LogP contribution in [0.5, 0.6) is 0 Å². The lowest BCUT2D eigenvalue weighted by molar-refractivity contribution is 0.0939. The van der Waals surface area contributed by atoms with Gasteiger partial charge in [-0.05, 0) is 37.3 Å². The number of carbonyl (C=O) groups excluding carboxylic acids is 1. The van der Waals surface area contributed by atoms with Crippen molar-refractivity contribution < 1.29 is 9.90 Å². The van der Waals surface area contributed by atoms with E-state index in [0.29, 0.717) is 16.5 Å². The van der Waals surface area contributed by atoms with Gasteiger partial charge in [0.05, 0.1) is 6.61 Å². The Hall–Kier alpha value is -1.98. The maximum atomic E-state index is 11.9. The van der Waals surface area contributed by atoms with Gasteiger partial charge in [-0.3, -0.25) is 4.79 Å². The second-order valence-corrected chi connectivity index (χ2v) is 4.64. The summed E-state index contributed by atoms with van der Waals surface area (Å²) in [5, 5.41) is 11.9. The van der Waals surface area contributed by atoms with Gasteiger partial charge in [0.2, 0.25) is 0 Å². The van der Waals surface area contributed by atoms with Crippen molar-refractivity contribution in [3.8, 4) is 11.4 Å². The molecule has 0 spiro atoms. The van der Waals surface area contributed by atoms with Crippen LogP contribution >= 0.6 is 11.6 Å². The number of aliphatic hydroxyl groups is 1. The van der Waals surface area contributed by atoms with E-state index in [4.69, 9.17) is 16.7 Å². The van der Waals surface area contributed by atoms with Crippen molar-refractivity contribution in [1.29, 1.82) is 0 Å². The van der Waals surface area contributed by atoms with Crippen LogP contribution in [0.15, 0.2) is 30.3 Å². The normalized spacial score (nSPS) is 10.3. The van der Waals surface area contributed by atoms with Gasteiger partial charge in [0.1, 0.15) is 5.69 Å². The maximum Gasteiger partial charge on any atom is 0.270 e. The molecular weight excluding hydrogens is 278 g/mol. The van der Waals surface area contributed by atoms with Gasteiger partial charge in [0.25, 0.3) is 5.91 Å². The molecular formula is C14H14ClN3O2. The minimum Gasteiger partial charge on any atom is -0.395 e. The van der Waals surface area contributed by atoms with Crippen molar-refractivity contribution in [3.05, 3.63) is 46.7 Å². The van der Waals surface area contributed by atoms with Gasteiger partial charge >= 0.3 is 0 Å². The zero-order valence-corrected chi connectivity index (χ0v) is 11.7. The van der Waals surface area contributed by atoms with Crippen LogP contribution in [0, 0.1) is 6.92 Å². The standard InChI is InChI=1S/C14H14ClN3O2/c1-9-8-12(14(20)16-6-7-19)18-13(17-9)10-2-4-11(15)5-3-10/h2-5,8,19H,6-7H2,1H3,(H,16,20). The third-order valence-electron chi connectivity index (χ3n) is 2.59. The van der Waals surface area contributed by atoms with Crippen molar-refractivity contribution in [2.24, 2.45) is 0 Å². The number of aromatic nitrogens is 2. The maximum absolute atomic E-state index is 11.9. The lowest BCUT2D eigenvalue weighted by Crippen LogP contribution is -2.27. The molecule has 0 aliphatic heterocycles. The molecule has 0 unspecified atom stereocenters. The van der Waals surface area contributed by atoms with E-state index in [2.05, 4.69) is 15.3 Å². The van der Waals surface area contributed by atoms with Crippen LogP contribution in [-0.4, -0.2) is 34.1 Å². The Morgan fingerprint density at radius 3 is 2.65 bits per heavy atom. The summed E-state index contributed by atoms with van der Waals surface area (Å²) < 4.78 is 0. The number of carbonyl (C=O) groups is 1. The summed E-state index contributed by atoms with van der Waals surface area (Å²) in [6, 6.07) is 8.69. The number of halogens is 1. The summed E-state index contributed by atoms with van der Waals surface area (Å²) in [5.41, 5.74) is 1.75. The van der Waals surface area contributed by atoms with Gasteiger partial charge in [-0.2, -0.15) is 0 Å². The summed E-state index contributed by atoms with van der Waals surface area (Å²) >= 11 is 5.84. The molecule has 2 N–H and O–H groups in total. The van der Waals surface area contributed by atoms with E-state index < -0.39 is 0 Å². The molecule has 2 rings (SSSR count). The SMILES string of the molecule is Cc1cc(C(=O)NCCO)nc(-c2ccc(Cl)cc2)n1. The molecule has 0 aliphatic rings. The molecule has 104 valence electrons. The molecule has 1 amide bonds. The Balaban J connectivity index is 2.33. The van der Waals surface area contributed by atoms with E-state index in [1.807, 2.05) is 0 Å². The van der Waals surface area contributed by atoms with E-state index in [1.165, 1.54) is 0 Å². The molecule has 5 nitrogen and oxygen atoms in total. The summed E-state index contributed by atoms with van der Waals surface area (Å²) in [6.07, 6.45) is 0. The smallest absolute Gasteiger partial charge is 0.270 e. The first kappa shape index (κ1) is 14.4. The van der Waals surface area contributed by atoms with Crippen LogP contribution in [0.25, 0.3) is 11.4 Å². The number of nitrogens with one attached hydrogen (secondary N) is 1. The average molecular weight is 292 g/mol.